The zero-order chi connectivity index (χ0) is 13.3. The van der Waals surface area contributed by atoms with Crippen LogP contribution in [0, 0.1) is 6.92 Å². The lowest BCUT2D eigenvalue weighted by Gasteiger charge is -2.05. The van der Waals surface area contributed by atoms with Gasteiger partial charge in [0.05, 0.1) is 17.3 Å². The third-order valence-corrected chi connectivity index (χ3v) is 3.55. The zero-order valence-corrected chi connectivity index (χ0v) is 12.1. The van der Waals surface area contributed by atoms with Gasteiger partial charge < -0.3 is 10.1 Å². The van der Waals surface area contributed by atoms with Crippen molar-refractivity contribution < 1.29 is 4.74 Å². The van der Waals surface area contributed by atoms with Crippen molar-refractivity contribution in [2.45, 2.75) is 26.5 Å². The first kappa shape index (κ1) is 14.2. The average Bonchev–Trinajstić information content (AvgIpc) is 2.85. The first-order valence-electron chi connectivity index (χ1n) is 6.58. The smallest absolute Gasteiger partial charge is 0.0898 e. The number of nitrogens with zero attached hydrogens (tertiary/aromatic N) is 1. The van der Waals surface area contributed by atoms with Crippen molar-refractivity contribution in [2.24, 2.45) is 0 Å². The molecule has 1 aromatic carbocycles. The van der Waals surface area contributed by atoms with Crippen LogP contribution < -0.4 is 5.32 Å². The Bertz CT molecular complexity index is 470. The van der Waals surface area contributed by atoms with Crippen molar-refractivity contribution in [2.75, 3.05) is 13.2 Å². The van der Waals surface area contributed by atoms with Crippen LogP contribution in [-0.2, 0) is 17.9 Å². The van der Waals surface area contributed by atoms with Gasteiger partial charge >= 0.3 is 0 Å². The second-order valence-corrected chi connectivity index (χ2v) is 5.49. The SMILES string of the molecule is Cc1nc(COCCCNCc2ccccc2)cs1. The standard InChI is InChI=1S/C15H20N2OS/c1-13-17-15(12-19-13)11-18-9-5-8-16-10-14-6-3-2-4-7-14/h2-4,6-7,12,16H,5,8-11H2,1H3. The molecule has 2 aromatic rings. The van der Waals surface area contributed by atoms with E-state index in [9.17, 15) is 0 Å². The maximum absolute atomic E-state index is 5.59. The molecule has 0 saturated carbocycles. The molecule has 1 heterocycles. The Morgan fingerprint density at radius 2 is 2.11 bits per heavy atom. The molecule has 1 aromatic heterocycles. The minimum absolute atomic E-state index is 0.628. The van der Waals surface area contributed by atoms with Gasteiger partial charge in [-0.2, -0.15) is 0 Å². The Morgan fingerprint density at radius 3 is 2.84 bits per heavy atom. The van der Waals surface area contributed by atoms with Crippen LogP contribution in [0.15, 0.2) is 35.7 Å². The molecule has 0 fully saturated rings. The van der Waals surface area contributed by atoms with Crippen LogP contribution in [0.3, 0.4) is 0 Å². The van der Waals surface area contributed by atoms with E-state index in [2.05, 4.69) is 39.9 Å². The van der Waals surface area contributed by atoms with Gasteiger partial charge in [-0.3, -0.25) is 0 Å². The van der Waals surface area contributed by atoms with E-state index in [0.717, 1.165) is 36.8 Å². The Balaban J connectivity index is 1.48. The summed E-state index contributed by atoms with van der Waals surface area (Å²) in [5, 5.41) is 6.57. The molecule has 19 heavy (non-hydrogen) atoms. The molecule has 0 spiro atoms. The van der Waals surface area contributed by atoms with Crippen LogP contribution in [0.1, 0.15) is 22.7 Å². The van der Waals surface area contributed by atoms with Gasteiger partial charge in [0, 0.05) is 18.5 Å². The molecule has 0 aliphatic carbocycles. The van der Waals surface area contributed by atoms with Gasteiger partial charge in [-0.1, -0.05) is 30.3 Å². The lowest BCUT2D eigenvalue weighted by molar-refractivity contribution is 0.116. The van der Waals surface area contributed by atoms with Crippen molar-refractivity contribution in [3.05, 3.63) is 52.0 Å². The summed E-state index contributed by atoms with van der Waals surface area (Å²) in [6, 6.07) is 10.4. The molecule has 0 aliphatic rings. The molecule has 0 radical (unpaired) electrons. The average molecular weight is 276 g/mol. The monoisotopic (exact) mass is 276 g/mol. The van der Waals surface area contributed by atoms with Crippen LogP contribution in [0.2, 0.25) is 0 Å². The highest BCUT2D eigenvalue weighted by atomic mass is 32.1. The molecule has 2 rings (SSSR count). The second-order valence-electron chi connectivity index (χ2n) is 4.43. The quantitative estimate of drug-likeness (QED) is 0.752. The van der Waals surface area contributed by atoms with E-state index in [1.54, 1.807) is 11.3 Å². The summed E-state index contributed by atoms with van der Waals surface area (Å²) >= 11 is 1.67. The molecule has 3 nitrogen and oxygen atoms in total. The predicted octanol–water partition coefficient (Wildman–Crippen LogP) is 3.15. The summed E-state index contributed by atoms with van der Waals surface area (Å²) in [7, 11) is 0. The third-order valence-electron chi connectivity index (χ3n) is 2.73. The largest absolute Gasteiger partial charge is 0.375 e. The summed E-state index contributed by atoms with van der Waals surface area (Å²) < 4.78 is 5.59. The topological polar surface area (TPSA) is 34.1 Å². The molecule has 0 bridgehead atoms. The van der Waals surface area contributed by atoms with Gasteiger partial charge in [0.2, 0.25) is 0 Å². The third kappa shape index (κ3) is 5.51. The lowest BCUT2D eigenvalue weighted by atomic mass is 10.2. The molecular formula is C15H20N2OS. The van der Waals surface area contributed by atoms with Crippen LogP contribution in [0.5, 0.6) is 0 Å². The number of hydrogen-bond donors (Lipinski definition) is 1. The number of aromatic nitrogens is 1. The van der Waals surface area contributed by atoms with Gasteiger partial charge in [-0.15, -0.1) is 11.3 Å². The second kappa shape index (κ2) is 8.04. The molecule has 0 saturated heterocycles. The first-order chi connectivity index (χ1) is 9.34. The normalized spacial score (nSPS) is 10.8. The number of nitrogens with one attached hydrogen (secondary N) is 1. The number of benzene rings is 1. The van der Waals surface area contributed by atoms with Gasteiger partial charge in [0.25, 0.3) is 0 Å². The number of ether oxygens (including phenoxy) is 1. The maximum Gasteiger partial charge on any atom is 0.0898 e. The van der Waals surface area contributed by atoms with Crippen molar-refractivity contribution in [3.8, 4) is 0 Å². The van der Waals surface area contributed by atoms with Crippen LogP contribution >= 0.6 is 11.3 Å². The minimum atomic E-state index is 0.628. The summed E-state index contributed by atoms with van der Waals surface area (Å²) in [4.78, 5) is 4.36. The summed E-state index contributed by atoms with van der Waals surface area (Å²) in [5.41, 5.74) is 2.36. The highest BCUT2D eigenvalue weighted by molar-refractivity contribution is 7.09. The molecule has 0 atom stereocenters. The van der Waals surface area contributed by atoms with Crippen molar-refractivity contribution in [3.63, 3.8) is 0 Å². The molecule has 102 valence electrons. The zero-order valence-electron chi connectivity index (χ0n) is 11.3. The van der Waals surface area contributed by atoms with E-state index < -0.39 is 0 Å². The molecule has 1 N–H and O–H groups in total. The fourth-order valence-corrected chi connectivity index (χ4v) is 2.38. The molecule has 0 amide bonds. The van der Waals surface area contributed by atoms with Crippen molar-refractivity contribution in [1.29, 1.82) is 0 Å². The van der Waals surface area contributed by atoms with E-state index >= 15 is 0 Å². The predicted molar refractivity (Wildman–Crippen MR) is 79.3 cm³/mol. The molecule has 4 heteroatoms. The van der Waals surface area contributed by atoms with Crippen molar-refractivity contribution in [1.82, 2.24) is 10.3 Å². The molecule has 0 aliphatic heterocycles. The van der Waals surface area contributed by atoms with Crippen LogP contribution in [-0.4, -0.2) is 18.1 Å². The Hall–Kier alpha value is -1.23. The highest BCUT2D eigenvalue weighted by Crippen LogP contribution is 2.08. The van der Waals surface area contributed by atoms with E-state index in [1.165, 1.54) is 5.56 Å². The number of hydrogen-bond acceptors (Lipinski definition) is 4. The lowest BCUT2D eigenvalue weighted by Crippen LogP contribution is -2.16. The fourth-order valence-electron chi connectivity index (χ4n) is 1.78. The Labute approximate surface area is 118 Å². The molecule has 0 unspecified atom stereocenters. The summed E-state index contributed by atoms with van der Waals surface area (Å²) in [6.07, 6.45) is 1.02. The van der Waals surface area contributed by atoms with Crippen LogP contribution in [0.4, 0.5) is 0 Å². The van der Waals surface area contributed by atoms with Crippen molar-refractivity contribution >= 4 is 11.3 Å². The maximum atomic E-state index is 5.59. The van der Waals surface area contributed by atoms with E-state index in [-0.39, 0.29) is 0 Å². The van der Waals surface area contributed by atoms with Gasteiger partial charge in [-0.25, -0.2) is 4.98 Å². The number of rotatable bonds is 8. The number of thiazole rings is 1. The Morgan fingerprint density at radius 1 is 1.26 bits per heavy atom. The summed E-state index contributed by atoms with van der Waals surface area (Å²) in [5.74, 6) is 0. The van der Waals surface area contributed by atoms with Gasteiger partial charge in [-0.05, 0) is 25.5 Å². The minimum Gasteiger partial charge on any atom is -0.375 e. The Kier molecular flexibility index (Phi) is 6.01. The van der Waals surface area contributed by atoms with Crippen LogP contribution in [0.25, 0.3) is 0 Å². The fraction of sp³-hybridized carbons (Fsp3) is 0.400. The summed E-state index contributed by atoms with van der Waals surface area (Å²) in [6.45, 7) is 5.32. The highest BCUT2D eigenvalue weighted by Gasteiger charge is 1.98. The van der Waals surface area contributed by atoms with E-state index in [4.69, 9.17) is 4.74 Å². The first-order valence-corrected chi connectivity index (χ1v) is 7.46. The van der Waals surface area contributed by atoms with Gasteiger partial charge in [0.1, 0.15) is 0 Å². The number of aryl methyl sites for hydroxylation is 1. The van der Waals surface area contributed by atoms with Gasteiger partial charge in [0.15, 0.2) is 0 Å². The molecular weight excluding hydrogens is 256 g/mol. The van der Waals surface area contributed by atoms with E-state index in [0.29, 0.717) is 6.61 Å². The van der Waals surface area contributed by atoms with E-state index in [1.807, 2.05) is 13.0 Å².